The number of piperidine rings is 2. The quantitative estimate of drug-likeness (QED) is 0.681. The van der Waals surface area contributed by atoms with Gasteiger partial charge in [0.25, 0.3) is 0 Å². The van der Waals surface area contributed by atoms with Gasteiger partial charge in [-0.15, -0.1) is 0 Å². The maximum atomic E-state index is 12.9. The second-order valence-corrected chi connectivity index (χ2v) is 11.0. The summed E-state index contributed by atoms with van der Waals surface area (Å²) >= 11 is 6.50. The Hall–Kier alpha value is -2.09. The lowest BCUT2D eigenvalue weighted by Crippen LogP contribution is -2.41. The van der Waals surface area contributed by atoms with E-state index in [-0.39, 0.29) is 11.8 Å². The molecule has 0 aliphatic carbocycles. The highest BCUT2D eigenvalue weighted by Crippen LogP contribution is 2.31. The number of carbonyl (C=O) groups excluding carboxylic acids is 1. The molecule has 2 saturated heterocycles. The molecule has 0 radical (unpaired) electrons. The molecule has 2 aliphatic rings. The molecule has 2 aromatic carbocycles. The van der Waals surface area contributed by atoms with Crippen molar-refractivity contribution < 1.29 is 13.2 Å². The van der Waals surface area contributed by atoms with E-state index in [9.17, 15) is 13.2 Å². The molecule has 2 heterocycles. The van der Waals surface area contributed by atoms with Crippen molar-refractivity contribution >= 4 is 38.9 Å². The van der Waals surface area contributed by atoms with Crippen LogP contribution in [0.3, 0.4) is 0 Å². The Balaban J connectivity index is 1.34. The number of nitrogens with zero attached hydrogens (tertiary/aromatic N) is 2. The van der Waals surface area contributed by atoms with Gasteiger partial charge in [-0.05, 0) is 69.4 Å². The van der Waals surface area contributed by atoms with Crippen LogP contribution in [-0.2, 0) is 14.8 Å². The highest BCUT2D eigenvalue weighted by Gasteiger charge is 2.32. The van der Waals surface area contributed by atoms with Gasteiger partial charge in [-0.1, -0.05) is 29.3 Å². The summed E-state index contributed by atoms with van der Waals surface area (Å²) in [4.78, 5) is 15.4. The number of hydrogen-bond acceptors (Lipinski definition) is 4. The number of amides is 1. The van der Waals surface area contributed by atoms with Crippen LogP contribution in [0, 0.1) is 12.8 Å². The molecule has 2 aromatic rings. The van der Waals surface area contributed by atoms with Crippen molar-refractivity contribution in [3.05, 3.63) is 53.1 Å². The molecule has 8 heteroatoms. The fourth-order valence-electron chi connectivity index (χ4n) is 4.44. The van der Waals surface area contributed by atoms with Gasteiger partial charge in [-0.25, -0.2) is 8.42 Å². The van der Waals surface area contributed by atoms with Crippen LogP contribution in [-0.4, -0.2) is 44.8 Å². The highest BCUT2D eigenvalue weighted by atomic mass is 35.5. The SMILES string of the molecule is Cc1ccc(S(=O)(=O)N2CCC(C(=O)Nc3ccc(N4CCCCC4)c(Cl)c3)CC2)cc1. The van der Waals surface area contributed by atoms with Crippen LogP contribution in [0.4, 0.5) is 11.4 Å². The van der Waals surface area contributed by atoms with E-state index in [0.29, 0.717) is 41.5 Å². The average molecular weight is 476 g/mol. The van der Waals surface area contributed by atoms with Crippen molar-refractivity contribution in [2.24, 2.45) is 5.92 Å². The Bertz CT molecular complexity index is 1060. The van der Waals surface area contributed by atoms with Crippen LogP contribution < -0.4 is 10.2 Å². The number of benzene rings is 2. The smallest absolute Gasteiger partial charge is 0.243 e. The molecule has 0 aromatic heterocycles. The molecule has 0 bridgehead atoms. The fraction of sp³-hybridized carbons (Fsp3) is 0.458. The molecule has 6 nitrogen and oxygen atoms in total. The van der Waals surface area contributed by atoms with Crippen LogP contribution in [0.25, 0.3) is 0 Å². The molecule has 1 amide bonds. The molecule has 0 spiro atoms. The summed E-state index contributed by atoms with van der Waals surface area (Å²) in [5, 5.41) is 3.61. The standard InChI is InChI=1S/C24H30ClN3O3S/c1-18-5-8-21(9-6-18)32(30,31)28-15-11-19(12-16-28)24(29)26-20-7-10-23(22(25)17-20)27-13-3-2-4-14-27/h5-10,17,19H,2-4,11-16H2,1H3,(H,26,29). The minimum atomic E-state index is -3.53. The van der Waals surface area contributed by atoms with Gasteiger partial charge in [0, 0.05) is 37.8 Å². The van der Waals surface area contributed by atoms with Gasteiger partial charge >= 0.3 is 0 Å². The zero-order valence-electron chi connectivity index (χ0n) is 18.4. The van der Waals surface area contributed by atoms with E-state index in [1.807, 2.05) is 19.1 Å². The normalized spacial score (nSPS) is 18.5. The van der Waals surface area contributed by atoms with E-state index in [0.717, 1.165) is 24.3 Å². The Kier molecular flexibility index (Phi) is 7.08. The number of halogens is 1. The lowest BCUT2D eigenvalue weighted by molar-refractivity contribution is -0.120. The van der Waals surface area contributed by atoms with Crippen molar-refractivity contribution in [1.29, 1.82) is 0 Å². The lowest BCUT2D eigenvalue weighted by atomic mass is 9.97. The Morgan fingerprint density at radius 3 is 2.25 bits per heavy atom. The maximum absolute atomic E-state index is 12.9. The third kappa shape index (κ3) is 5.11. The zero-order chi connectivity index (χ0) is 22.7. The topological polar surface area (TPSA) is 69.7 Å². The molecule has 4 rings (SSSR count). The zero-order valence-corrected chi connectivity index (χ0v) is 20.0. The molecule has 0 unspecified atom stereocenters. The minimum Gasteiger partial charge on any atom is -0.370 e. The summed E-state index contributed by atoms with van der Waals surface area (Å²) in [5.41, 5.74) is 2.71. The van der Waals surface area contributed by atoms with Gasteiger partial charge in [-0.3, -0.25) is 4.79 Å². The number of aryl methyl sites for hydroxylation is 1. The number of carbonyl (C=O) groups is 1. The predicted octanol–water partition coefficient (Wildman–Crippen LogP) is 4.68. The summed E-state index contributed by atoms with van der Waals surface area (Å²) in [6, 6.07) is 12.6. The van der Waals surface area contributed by atoms with Gasteiger partial charge in [-0.2, -0.15) is 4.31 Å². The Morgan fingerprint density at radius 1 is 0.969 bits per heavy atom. The van der Waals surface area contributed by atoms with E-state index >= 15 is 0 Å². The van der Waals surface area contributed by atoms with Crippen molar-refractivity contribution in [2.45, 2.75) is 43.9 Å². The third-order valence-electron chi connectivity index (χ3n) is 6.40. The number of sulfonamides is 1. The average Bonchev–Trinajstić information content (AvgIpc) is 2.80. The first-order valence-electron chi connectivity index (χ1n) is 11.3. The number of hydrogen-bond donors (Lipinski definition) is 1. The van der Waals surface area contributed by atoms with E-state index in [2.05, 4.69) is 10.2 Å². The van der Waals surface area contributed by atoms with E-state index in [4.69, 9.17) is 11.6 Å². The first-order chi connectivity index (χ1) is 15.3. The van der Waals surface area contributed by atoms with Gasteiger partial charge in [0.15, 0.2) is 0 Å². The molecule has 172 valence electrons. The molecule has 0 atom stereocenters. The summed E-state index contributed by atoms with van der Waals surface area (Å²) in [7, 11) is -3.53. The predicted molar refractivity (Wildman–Crippen MR) is 129 cm³/mol. The summed E-state index contributed by atoms with van der Waals surface area (Å²) < 4.78 is 27.2. The van der Waals surface area contributed by atoms with Crippen molar-refractivity contribution in [1.82, 2.24) is 4.31 Å². The molecule has 2 fully saturated rings. The van der Waals surface area contributed by atoms with Crippen LogP contribution in [0.5, 0.6) is 0 Å². The van der Waals surface area contributed by atoms with Crippen molar-refractivity contribution in [2.75, 3.05) is 36.4 Å². The third-order valence-corrected chi connectivity index (χ3v) is 8.61. The Morgan fingerprint density at radius 2 is 1.62 bits per heavy atom. The summed E-state index contributed by atoms with van der Waals surface area (Å²) in [6.07, 6.45) is 4.60. The van der Waals surface area contributed by atoms with Gasteiger partial charge in [0.05, 0.1) is 15.6 Å². The van der Waals surface area contributed by atoms with Gasteiger partial charge < -0.3 is 10.2 Å². The number of anilines is 2. The van der Waals surface area contributed by atoms with Gasteiger partial charge in [0.1, 0.15) is 0 Å². The first kappa shape index (κ1) is 23.1. The van der Waals surface area contributed by atoms with E-state index in [1.165, 1.54) is 23.6 Å². The first-order valence-corrected chi connectivity index (χ1v) is 13.1. The molecular weight excluding hydrogens is 446 g/mol. The second kappa shape index (κ2) is 9.81. The summed E-state index contributed by atoms with van der Waals surface area (Å²) in [6.45, 7) is 4.62. The summed E-state index contributed by atoms with van der Waals surface area (Å²) in [5.74, 6) is -0.306. The Labute approximate surface area is 195 Å². The van der Waals surface area contributed by atoms with E-state index in [1.54, 1.807) is 30.3 Å². The van der Waals surface area contributed by atoms with Crippen molar-refractivity contribution in [3.8, 4) is 0 Å². The molecule has 2 aliphatic heterocycles. The number of nitrogens with one attached hydrogen (secondary N) is 1. The lowest BCUT2D eigenvalue weighted by Gasteiger charge is -2.31. The molecule has 32 heavy (non-hydrogen) atoms. The number of rotatable bonds is 5. The van der Waals surface area contributed by atoms with Gasteiger partial charge in [0.2, 0.25) is 15.9 Å². The van der Waals surface area contributed by atoms with E-state index < -0.39 is 10.0 Å². The van der Waals surface area contributed by atoms with Crippen molar-refractivity contribution in [3.63, 3.8) is 0 Å². The minimum absolute atomic E-state index is 0.0841. The largest absolute Gasteiger partial charge is 0.370 e. The molecule has 0 saturated carbocycles. The van der Waals surface area contributed by atoms with Crippen LogP contribution in [0.1, 0.15) is 37.7 Å². The monoisotopic (exact) mass is 475 g/mol. The molecular formula is C24H30ClN3O3S. The maximum Gasteiger partial charge on any atom is 0.243 e. The second-order valence-electron chi connectivity index (χ2n) is 8.69. The van der Waals surface area contributed by atoms with Crippen LogP contribution in [0.2, 0.25) is 5.02 Å². The van der Waals surface area contributed by atoms with Crippen LogP contribution in [0.15, 0.2) is 47.4 Å². The highest BCUT2D eigenvalue weighted by molar-refractivity contribution is 7.89. The van der Waals surface area contributed by atoms with Crippen LogP contribution >= 0.6 is 11.6 Å². The fourth-order valence-corrected chi connectivity index (χ4v) is 6.21. The molecule has 1 N–H and O–H groups in total.